The Balaban J connectivity index is 1.73. The van der Waals surface area contributed by atoms with E-state index in [1.165, 1.54) is 19.3 Å². The van der Waals surface area contributed by atoms with Crippen LogP contribution in [0.4, 0.5) is 4.79 Å². The van der Waals surface area contributed by atoms with Crippen LogP contribution in [0.5, 0.6) is 0 Å². The summed E-state index contributed by atoms with van der Waals surface area (Å²) < 4.78 is 0. The molecule has 2 amide bonds. The summed E-state index contributed by atoms with van der Waals surface area (Å²) >= 11 is 1.89. The number of hydrogen-bond acceptors (Lipinski definition) is 4. The number of carbonyl (C=O) groups excluding carboxylic acids is 1. The molecule has 1 saturated heterocycles. The topological polar surface area (TPSA) is 47.6 Å². The molecule has 2 rings (SSSR count). The smallest absolute Gasteiger partial charge is 0.315 e. The Labute approximate surface area is 133 Å². The van der Waals surface area contributed by atoms with E-state index in [1.807, 2.05) is 11.8 Å². The lowest BCUT2D eigenvalue weighted by atomic mass is 9.95. The Morgan fingerprint density at radius 3 is 2.76 bits per heavy atom. The predicted molar refractivity (Wildman–Crippen MR) is 90.0 cm³/mol. The first-order valence-corrected chi connectivity index (χ1v) is 9.35. The SMILES string of the molecule is CS[C@@H]1CCCC[C@@H]1NC(=O)NC[C@H]1CN(C)CCN1C. The van der Waals surface area contributed by atoms with Gasteiger partial charge in [-0.05, 0) is 33.2 Å². The molecule has 5 nitrogen and oxygen atoms in total. The molecular weight excluding hydrogens is 284 g/mol. The third-order valence-electron chi connectivity index (χ3n) is 4.80. The van der Waals surface area contributed by atoms with Crippen molar-refractivity contribution in [3.63, 3.8) is 0 Å². The zero-order valence-electron chi connectivity index (χ0n) is 13.6. The van der Waals surface area contributed by atoms with Crippen molar-refractivity contribution in [2.75, 3.05) is 46.5 Å². The predicted octanol–water partition coefficient (Wildman–Crippen LogP) is 1.21. The van der Waals surface area contributed by atoms with Crippen LogP contribution in [0.2, 0.25) is 0 Å². The standard InChI is InChI=1S/C15H30N4OS/c1-18-8-9-19(2)12(11-18)10-16-15(20)17-13-6-4-5-7-14(13)21-3/h12-14H,4-11H2,1-3H3,(H2,16,17,20)/t12-,13-,14+/m0/s1. The van der Waals surface area contributed by atoms with Gasteiger partial charge in [-0.2, -0.15) is 11.8 Å². The van der Waals surface area contributed by atoms with Crippen LogP contribution in [0.3, 0.4) is 0 Å². The monoisotopic (exact) mass is 314 g/mol. The number of nitrogens with zero attached hydrogens (tertiary/aromatic N) is 2. The number of rotatable bonds is 4. The number of carbonyl (C=O) groups is 1. The third kappa shape index (κ3) is 5.04. The van der Waals surface area contributed by atoms with E-state index < -0.39 is 0 Å². The van der Waals surface area contributed by atoms with Crippen LogP contribution < -0.4 is 10.6 Å². The van der Waals surface area contributed by atoms with Crippen molar-refractivity contribution >= 4 is 17.8 Å². The quantitative estimate of drug-likeness (QED) is 0.819. The van der Waals surface area contributed by atoms with Crippen molar-refractivity contribution in [1.29, 1.82) is 0 Å². The van der Waals surface area contributed by atoms with Gasteiger partial charge >= 0.3 is 6.03 Å². The summed E-state index contributed by atoms with van der Waals surface area (Å²) in [6.45, 7) is 3.93. The highest BCUT2D eigenvalue weighted by molar-refractivity contribution is 7.99. The van der Waals surface area contributed by atoms with Crippen molar-refractivity contribution in [2.45, 2.75) is 43.0 Å². The Hall–Kier alpha value is -0.460. The fraction of sp³-hybridized carbons (Fsp3) is 0.933. The first-order valence-electron chi connectivity index (χ1n) is 8.06. The zero-order valence-corrected chi connectivity index (χ0v) is 14.4. The van der Waals surface area contributed by atoms with Crippen molar-refractivity contribution in [1.82, 2.24) is 20.4 Å². The summed E-state index contributed by atoms with van der Waals surface area (Å²) in [6, 6.07) is 0.750. The van der Waals surface area contributed by atoms with Gasteiger partial charge in [0, 0.05) is 43.5 Å². The van der Waals surface area contributed by atoms with Crippen LogP contribution in [0, 0.1) is 0 Å². The molecule has 6 heteroatoms. The van der Waals surface area contributed by atoms with Crippen LogP contribution in [-0.2, 0) is 0 Å². The lowest BCUT2D eigenvalue weighted by Gasteiger charge is -2.38. The molecule has 1 aliphatic heterocycles. The van der Waals surface area contributed by atoms with E-state index >= 15 is 0 Å². The first-order chi connectivity index (χ1) is 10.1. The number of thioether (sulfide) groups is 1. The summed E-state index contributed by atoms with van der Waals surface area (Å²) in [5, 5.41) is 6.83. The Bertz CT molecular complexity index is 342. The normalized spacial score (nSPS) is 31.9. The zero-order chi connectivity index (χ0) is 15.2. The van der Waals surface area contributed by atoms with Crippen molar-refractivity contribution in [3.05, 3.63) is 0 Å². The summed E-state index contributed by atoms with van der Waals surface area (Å²) in [4.78, 5) is 16.8. The van der Waals surface area contributed by atoms with Crippen LogP contribution >= 0.6 is 11.8 Å². The van der Waals surface area contributed by atoms with Gasteiger partial charge in [0.15, 0.2) is 0 Å². The highest BCUT2D eigenvalue weighted by atomic mass is 32.2. The van der Waals surface area contributed by atoms with Crippen LogP contribution in [0.25, 0.3) is 0 Å². The highest BCUT2D eigenvalue weighted by Crippen LogP contribution is 2.26. The maximum atomic E-state index is 12.1. The molecule has 0 aromatic heterocycles. The fourth-order valence-corrected chi connectivity index (χ4v) is 4.23. The van der Waals surface area contributed by atoms with Gasteiger partial charge in [-0.3, -0.25) is 4.90 Å². The first kappa shape index (κ1) is 16.9. The fourth-order valence-electron chi connectivity index (χ4n) is 3.30. The molecule has 1 aliphatic carbocycles. The highest BCUT2D eigenvalue weighted by Gasteiger charge is 2.26. The summed E-state index contributed by atoms with van der Waals surface area (Å²) in [5.41, 5.74) is 0. The molecule has 0 spiro atoms. The molecule has 3 atom stereocenters. The van der Waals surface area contributed by atoms with E-state index in [1.54, 1.807) is 0 Å². The number of nitrogens with one attached hydrogen (secondary N) is 2. The van der Waals surface area contributed by atoms with Gasteiger partial charge in [0.1, 0.15) is 0 Å². The van der Waals surface area contributed by atoms with Gasteiger partial charge in [-0.1, -0.05) is 12.8 Å². The van der Waals surface area contributed by atoms with Crippen LogP contribution in [0.1, 0.15) is 25.7 Å². The van der Waals surface area contributed by atoms with Gasteiger partial charge in [0.25, 0.3) is 0 Å². The summed E-state index contributed by atoms with van der Waals surface area (Å²) in [5.74, 6) is 0. The molecular formula is C15H30N4OS. The Morgan fingerprint density at radius 2 is 2.00 bits per heavy atom. The van der Waals surface area contributed by atoms with Gasteiger partial charge < -0.3 is 15.5 Å². The molecule has 21 heavy (non-hydrogen) atoms. The van der Waals surface area contributed by atoms with E-state index in [4.69, 9.17) is 0 Å². The molecule has 0 aromatic carbocycles. The number of piperazine rings is 1. The molecule has 1 saturated carbocycles. The molecule has 1 heterocycles. The van der Waals surface area contributed by atoms with E-state index in [-0.39, 0.29) is 6.03 Å². The van der Waals surface area contributed by atoms with Gasteiger partial charge in [-0.15, -0.1) is 0 Å². The van der Waals surface area contributed by atoms with Crippen LogP contribution in [-0.4, -0.2) is 79.7 Å². The summed E-state index contributed by atoms with van der Waals surface area (Å²) in [6.07, 6.45) is 7.02. The van der Waals surface area contributed by atoms with Gasteiger partial charge in [-0.25, -0.2) is 4.79 Å². The minimum atomic E-state index is 0.00239. The van der Waals surface area contributed by atoms with Gasteiger partial charge in [0.05, 0.1) is 0 Å². The Kier molecular flexibility index (Phi) is 6.64. The van der Waals surface area contributed by atoms with E-state index in [0.29, 0.717) is 17.3 Å². The molecule has 0 unspecified atom stereocenters. The second kappa shape index (κ2) is 8.25. The molecule has 122 valence electrons. The van der Waals surface area contributed by atoms with Crippen molar-refractivity contribution in [2.24, 2.45) is 0 Å². The average molecular weight is 314 g/mol. The van der Waals surface area contributed by atoms with E-state index in [0.717, 1.165) is 32.6 Å². The third-order valence-corrected chi connectivity index (χ3v) is 5.97. The lowest BCUT2D eigenvalue weighted by molar-refractivity contribution is 0.114. The number of hydrogen-bond donors (Lipinski definition) is 2. The maximum Gasteiger partial charge on any atom is 0.315 e. The molecule has 0 radical (unpaired) electrons. The minimum absolute atomic E-state index is 0.00239. The molecule has 2 aliphatic rings. The molecule has 2 N–H and O–H groups in total. The lowest BCUT2D eigenvalue weighted by Crippen LogP contribution is -2.56. The number of urea groups is 1. The van der Waals surface area contributed by atoms with Crippen molar-refractivity contribution < 1.29 is 4.79 Å². The van der Waals surface area contributed by atoms with Gasteiger partial charge in [0.2, 0.25) is 0 Å². The van der Waals surface area contributed by atoms with E-state index in [2.05, 4.69) is 40.8 Å². The second-order valence-electron chi connectivity index (χ2n) is 6.42. The molecule has 2 fully saturated rings. The minimum Gasteiger partial charge on any atom is -0.337 e. The molecule has 0 aromatic rings. The number of amides is 2. The molecule has 0 bridgehead atoms. The summed E-state index contributed by atoms with van der Waals surface area (Å²) in [7, 11) is 4.29. The van der Waals surface area contributed by atoms with E-state index in [9.17, 15) is 4.79 Å². The maximum absolute atomic E-state index is 12.1. The average Bonchev–Trinajstić information content (AvgIpc) is 2.49. The second-order valence-corrected chi connectivity index (χ2v) is 7.49. The van der Waals surface area contributed by atoms with Crippen molar-refractivity contribution in [3.8, 4) is 0 Å². The largest absolute Gasteiger partial charge is 0.337 e. The van der Waals surface area contributed by atoms with Crippen LogP contribution in [0.15, 0.2) is 0 Å². The Morgan fingerprint density at radius 1 is 1.24 bits per heavy atom. The number of likely N-dealkylation sites (N-methyl/N-ethyl adjacent to an activating group) is 2.